The SMILES string of the molecule is CC[C@H](C)[C@H](NC(=O)C1CCOC(C)C1)C(=O)O. The maximum absolute atomic E-state index is 12.0. The third-order valence-electron chi connectivity index (χ3n) is 3.63. The Hall–Kier alpha value is -1.10. The standard InChI is InChI=1S/C13H23NO4/c1-4-8(2)11(13(16)17)14-12(15)10-5-6-18-9(3)7-10/h8-11H,4-7H2,1-3H3,(H,14,15)(H,16,17)/t8-,9?,10?,11-/m0/s1. The maximum atomic E-state index is 12.0. The lowest BCUT2D eigenvalue weighted by Gasteiger charge is -2.28. The molecular weight excluding hydrogens is 234 g/mol. The third-order valence-corrected chi connectivity index (χ3v) is 3.63. The predicted molar refractivity (Wildman–Crippen MR) is 67.2 cm³/mol. The molecule has 0 radical (unpaired) electrons. The number of carboxylic acids is 1. The van der Waals surface area contributed by atoms with Gasteiger partial charge in [0.1, 0.15) is 6.04 Å². The van der Waals surface area contributed by atoms with Crippen molar-refractivity contribution in [1.82, 2.24) is 5.32 Å². The van der Waals surface area contributed by atoms with Crippen LogP contribution in [0.3, 0.4) is 0 Å². The van der Waals surface area contributed by atoms with Crippen LogP contribution in [0.25, 0.3) is 0 Å². The van der Waals surface area contributed by atoms with Gasteiger partial charge >= 0.3 is 5.97 Å². The predicted octanol–water partition coefficient (Wildman–Crippen LogP) is 1.42. The van der Waals surface area contributed by atoms with Crippen molar-refractivity contribution < 1.29 is 19.4 Å². The zero-order valence-electron chi connectivity index (χ0n) is 11.3. The molecule has 0 saturated carbocycles. The van der Waals surface area contributed by atoms with Crippen LogP contribution in [0.5, 0.6) is 0 Å². The van der Waals surface area contributed by atoms with Gasteiger partial charge in [0.25, 0.3) is 0 Å². The fraction of sp³-hybridized carbons (Fsp3) is 0.846. The van der Waals surface area contributed by atoms with Crippen LogP contribution in [0.4, 0.5) is 0 Å². The van der Waals surface area contributed by atoms with Crippen LogP contribution in [0, 0.1) is 11.8 Å². The number of rotatable bonds is 5. The molecule has 1 amide bonds. The van der Waals surface area contributed by atoms with E-state index in [-0.39, 0.29) is 23.8 Å². The number of ether oxygens (including phenoxy) is 1. The summed E-state index contributed by atoms with van der Waals surface area (Å²) in [5.74, 6) is -1.31. The van der Waals surface area contributed by atoms with E-state index in [1.165, 1.54) is 0 Å². The minimum absolute atomic E-state index is 0.0660. The lowest BCUT2D eigenvalue weighted by Crippen LogP contribution is -2.48. The molecule has 1 heterocycles. The fourth-order valence-electron chi connectivity index (χ4n) is 2.19. The summed E-state index contributed by atoms with van der Waals surface area (Å²) in [4.78, 5) is 23.2. The largest absolute Gasteiger partial charge is 0.480 e. The van der Waals surface area contributed by atoms with Gasteiger partial charge in [-0.3, -0.25) is 4.79 Å². The topological polar surface area (TPSA) is 75.6 Å². The molecule has 1 rings (SSSR count). The first kappa shape index (κ1) is 15.0. The molecule has 1 aliphatic heterocycles. The number of hydrogen-bond acceptors (Lipinski definition) is 3. The second kappa shape index (κ2) is 6.73. The molecule has 4 atom stereocenters. The Labute approximate surface area is 108 Å². The van der Waals surface area contributed by atoms with Crippen LogP contribution in [0.1, 0.15) is 40.0 Å². The molecule has 5 heteroatoms. The average molecular weight is 257 g/mol. The molecule has 2 unspecified atom stereocenters. The molecule has 0 bridgehead atoms. The van der Waals surface area contributed by atoms with Gasteiger partial charge in [0, 0.05) is 12.5 Å². The van der Waals surface area contributed by atoms with Gasteiger partial charge in [0.15, 0.2) is 0 Å². The summed E-state index contributed by atoms with van der Waals surface area (Å²) in [6.07, 6.45) is 2.13. The van der Waals surface area contributed by atoms with Crippen LogP contribution >= 0.6 is 0 Å². The Morgan fingerprint density at radius 1 is 1.50 bits per heavy atom. The molecule has 1 fully saturated rings. The first-order valence-electron chi connectivity index (χ1n) is 6.60. The number of hydrogen-bond donors (Lipinski definition) is 2. The van der Waals surface area contributed by atoms with Crippen molar-refractivity contribution in [3.05, 3.63) is 0 Å². The van der Waals surface area contributed by atoms with Gasteiger partial charge in [-0.15, -0.1) is 0 Å². The molecular formula is C13H23NO4. The molecule has 2 N–H and O–H groups in total. The third kappa shape index (κ3) is 3.98. The molecule has 0 aromatic rings. The van der Waals surface area contributed by atoms with E-state index in [1.807, 2.05) is 20.8 Å². The van der Waals surface area contributed by atoms with Gasteiger partial charge in [0.2, 0.25) is 5.91 Å². The van der Waals surface area contributed by atoms with Gasteiger partial charge in [-0.25, -0.2) is 4.79 Å². The first-order valence-corrected chi connectivity index (χ1v) is 6.60. The molecule has 5 nitrogen and oxygen atoms in total. The second-order valence-corrected chi connectivity index (χ2v) is 5.11. The van der Waals surface area contributed by atoms with E-state index < -0.39 is 12.0 Å². The van der Waals surface area contributed by atoms with E-state index in [0.29, 0.717) is 19.4 Å². The van der Waals surface area contributed by atoms with Gasteiger partial charge in [0.05, 0.1) is 6.10 Å². The summed E-state index contributed by atoms with van der Waals surface area (Å²) in [7, 11) is 0. The molecule has 0 aromatic carbocycles. The van der Waals surface area contributed by atoms with Crippen molar-refractivity contribution in [2.45, 2.75) is 52.2 Å². The van der Waals surface area contributed by atoms with Gasteiger partial charge < -0.3 is 15.2 Å². The highest BCUT2D eigenvalue weighted by molar-refractivity contribution is 5.85. The Bertz CT molecular complexity index is 305. The minimum atomic E-state index is -0.960. The minimum Gasteiger partial charge on any atom is -0.480 e. The Balaban J connectivity index is 2.58. The lowest BCUT2D eigenvalue weighted by atomic mass is 9.93. The van der Waals surface area contributed by atoms with Crippen molar-refractivity contribution in [2.24, 2.45) is 11.8 Å². The highest BCUT2D eigenvalue weighted by Gasteiger charge is 2.31. The molecule has 0 spiro atoms. The van der Waals surface area contributed by atoms with E-state index in [0.717, 1.165) is 6.42 Å². The van der Waals surface area contributed by atoms with E-state index >= 15 is 0 Å². The number of carbonyl (C=O) groups excluding carboxylic acids is 1. The zero-order chi connectivity index (χ0) is 13.7. The van der Waals surface area contributed by atoms with Crippen LogP contribution in [-0.2, 0) is 14.3 Å². The monoisotopic (exact) mass is 257 g/mol. The summed E-state index contributed by atoms with van der Waals surface area (Å²) in [5.41, 5.74) is 0. The number of carboxylic acid groups (broad SMARTS) is 1. The Morgan fingerprint density at radius 2 is 2.17 bits per heavy atom. The van der Waals surface area contributed by atoms with Gasteiger partial charge in [-0.2, -0.15) is 0 Å². The van der Waals surface area contributed by atoms with Crippen LogP contribution in [-0.4, -0.2) is 35.7 Å². The summed E-state index contributed by atoms with van der Waals surface area (Å²) in [6.45, 7) is 6.26. The van der Waals surface area contributed by atoms with Crippen molar-refractivity contribution >= 4 is 11.9 Å². The summed E-state index contributed by atoms with van der Waals surface area (Å²) in [6, 6.07) is -0.791. The van der Waals surface area contributed by atoms with Crippen LogP contribution in [0.2, 0.25) is 0 Å². The van der Waals surface area contributed by atoms with Crippen molar-refractivity contribution in [3.8, 4) is 0 Å². The fourth-order valence-corrected chi connectivity index (χ4v) is 2.19. The quantitative estimate of drug-likeness (QED) is 0.781. The first-order chi connectivity index (χ1) is 8.45. The van der Waals surface area contributed by atoms with Crippen molar-refractivity contribution in [3.63, 3.8) is 0 Å². The van der Waals surface area contributed by atoms with Crippen molar-refractivity contribution in [2.75, 3.05) is 6.61 Å². The molecule has 0 aliphatic carbocycles. The van der Waals surface area contributed by atoms with Gasteiger partial charge in [-0.1, -0.05) is 20.3 Å². The maximum Gasteiger partial charge on any atom is 0.326 e. The summed E-state index contributed by atoms with van der Waals surface area (Å²) in [5, 5.41) is 11.8. The number of nitrogens with one attached hydrogen (secondary N) is 1. The lowest BCUT2D eigenvalue weighted by molar-refractivity contribution is -0.145. The number of amides is 1. The molecule has 0 aromatic heterocycles. The number of aliphatic carboxylic acids is 1. The second-order valence-electron chi connectivity index (χ2n) is 5.11. The Kier molecular flexibility index (Phi) is 5.59. The van der Waals surface area contributed by atoms with E-state index in [1.54, 1.807) is 0 Å². The molecule has 1 aliphatic rings. The van der Waals surface area contributed by atoms with E-state index in [9.17, 15) is 9.59 Å². The summed E-state index contributed by atoms with van der Waals surface area (Å²) >= 11 is 0. The highest BCUT2D eigenvalue weighted by Crippen LogP contribution is 2.20. The Morgan fingerprint density at radius 3 is 2.67 bits per heavy atom. The van der Waals surface area contributed by atoms with Crippen LogP contribution < -0.4 is 5.32 Å². The van der Waals surface area contributed by atoms with Crippen molar-refractivity contribution in [1.29, 1.82) is 0 Å². The average Bonchev–Trinajstić information content (AvgIpc) is 2.34. The molecule has 18 heavy (non-hydrogen) atoms. The van der Waals surface area contributed by atoms with E-state index in [4.69, 9.17) is 9.84 Å². The molecule has 1 saturated heterocycles. The normalized spacial score (nSPS) is 27.3. The van der Waals surface area contributed by atoms with Gasteiger partial charge in [-0.05, 0) is 25.7 Å². The molecule has 104 valence electrons. The number of carbonyl (C=O) groups is 2. The van der Waals surface area contributed by atoms with E-state index in [2.05, 4.69) is 5.32 Å². The summed E-state index contributed by atoms with van der Waals surface area (Å²) < 4.78 is 5.38. The van der Waals surface area contributed by atoms with Crippen LogP contribution in [0.15, 0.2) is 0 Å². The highest BCUT2D eigenvalue weighted by atomic mass is 16.5. The smallest absolute Gasteiger partial charge is 0.326 e. The zero-order valence-corrected chi connectivity index (χ0v) is 11.3.